The van der Waals surface area contributed by atoms with Gasteiger partial charge in [-0.3, -0.25) is 4.79 Å². The molecule has 2 aromatic carbocycles. The molecule has 6 heteroatoms. The molecule has 0 saturated carbocycles. The van der Waals surface area contributed by atoms with Gasteiger partial charge in [0.2, 0.25) is 0 Å². The van der Waals surface area contributed by atoms with Gasteiger partial charge in [0.1, 0.15) is 0 Å². The number of carbonyl (C=O) groups excluding carboxylic acids is 1. The molecular weight excluding hydrogens is 358 g/mol. The molecule has 2 aromatic rings. The Morgan fingerprint density at radius 1 is 1.19 bits per heavy atom. The summed E-state index contributed by atoms with van der Waals surface area (Å²) >= 11 is 9.30. The molecule has 0 fully saturated rings. The van der Waals surface area contributed by atoms with Crippen LogP contribution >= 0.6 is 27.5 Å². The van der Waals surface area contributed by atoms with E-state index >= 15 is 0 Å². The first-order chi connectivity index (χ1) is 9.88. The maximum atomic E-state index is 12.2. The summed E-state index contributed by atoms with van der Waals surface area (Å²) in [5.41, 5.74) is 1.73. The minimum atomic E-state index is -1.01. The van der Waals surface area contributed by atoms with Gasteiger partial charge in [0, 0.05) is 10.2 Å². The minimum Gasteiger partial charge on any atom is -0.478 e. The standard InChI is InChI=1S/C15H11BrClNO3/c1-8-6-9(15(20)21)2-5-13(8)18-14(19)11-4-3-10(16)7-12(11)17/h2-7H,1H3,(H,18,19)(H,20,21). The highest BCUT2D eigenvalue weighted by Gasteiger charge is 2.13. The smallest absolute Gasteiger partial charge is 0.335 e. The maximum absolute atomic E-state index is 12.2. The van der Waals surface area contributed by atoms with Crippen LogP contribution in [0.4, 0.5) is 5.69 Å². The Hall–Kier alpha value is -1.85. The lowest BCUT2D eigenvalue weighted by Gasteiger charge is -2.10. The number of aryl methyl sites for hydroxylation is 1. The van der Waals surface area contributed by atoms with E-state index in [0.29, 0.717) is 21.8 Å². The van der Waals surface area contributed by atoms with Crippen molar-refractivity contribution in [3.05, 3.63) is 62.6 Å². The fourth-order valence-corrected chi connectivity index (χ4v) is 2.56. The van der Waals surface area contributed by atoms with E-state index in [2.05, 4.69) is 21.2 Å². The second-order valence-electron chi connectivity index (χ2n) is 4.41. The normalized spacial score (nSPS) is 10.2. The lowest BCUT2D eigenvalue weighted by molar-refractivity contribution is 0.0696. The molecule has 0 aliphatic carbocycles. The fraction of sp³-hybridized carbons (Fsp3) is 0.0667. The van der Waals surface area contributed by atoms with Gasteiger partial charge in [-0.1, -0.05) is 27.5 Å². The number of carbonyl (C=O) groups is 2. The highest BCUT2D eigenvalue weighted by molar-refractivity contribution is 9.10. The van der Waals surface area contributed by atoms with Crippen LogP contribution in [-0.4, -0.2) is 17.0 Å². The van der Waals surface area contributed by atoms with Crippen molar-refractivity contribution in [3.63, 3.8) is 0 Å². The Bertz CT molecular complexity index is 731. The van der Waals surface area contributed by atoms with Gasteiger partial charge in [0.25, 0.3) is 5.91 Å². The number of benzene rings is 2. The van der Waals surface area contributed by atoms with Crippen molar-refractivity contribution < 1.29 is 14.7 Å². The molecule has 21 heavy (non-hydrogen) atoms. The molecule has 1 amide bonds. The zero-order valence-electron chi connectivity index (χ0n) is 11.0. The van der Waals surface area contributed by atoms with Crippen molar-refractivity contribution in [1.82, 2.24) is 0 Å². The Balaban J connectivity index is 2.25. The van der Waals surface area contributed by atoms with Crippen LogP contribution in [0.15, 0.2) is 40.9 Å². The molecule has 2 rings (SSSR count). The number of carboxylic acids is 1. The van der Waals surface area contributed by atoms with Crippen molar-refractivity contribution >= 4 is 45.1 Å². The summed E-state index contributed by atoms with van der Waals surface area (Å²) in [6, 6.07) is 9.47. The summed E-state index contributed by atoms with van der Waals surface area (Å²) in [4.78, 5) is 23.1. The summed E-state index contributed by atoms with van der Waals surface area (Å²) < 4.78 is 0.783. The Morgan fingerprint density at radius 3 is 2.48 bits per heavy atom. The molecule has 0 aliphatic rings. The number of anilines is 1. The highest BCUT2D eigenvalue weighted by Crippen LogP contribution is 2.23. The number of hydrogen-bond donors (Lipinski definition) is 2. The molecule has 0 radical (unpaired) electrons. The number of nitrogens with one attached hydrogen (secondary N) is 1. The summed E-state index contributed by atoms with van der Waals surface area (Å²) in [7, 11) is 0. The first-order valence-electron chi connectivity index (χ1n) is 5.99. The van der Waals surface area contributed by atoms with Gasteiger partial charge in [-0.05, 0) is 48.9 Å². The molecular formula is C15H11BrClNO3. The van der Waals surface area contributed by atoms with Crippen molar-refractivity contribution in [2.45, 2.75) is 6.92 Å². The predicted octanol–water partition coefficient (Wildman–Crippen LogP) is 4.36. The number of halogens is 2. The Labute approximate surface area is 134 Å². The van der Waals surface area contributed by atoms with Crippen LogP contribution in [0, 0.1) is 6.92 Å². The topological polar surface area (TPSA) is 66.4 Å². The zero-order chi connectivity index (χ0) is 15.6. The van der Waals surface area contributed by atoms with E-state index in [9.17, 15) is 9.59 Å². The SMILES string of the molecule is Cc1cc(C(=O)O)ccc1NC(=O)c1ccc(Br)cc1Cl. The lowest BCUT2D eigenvalue weighted by Crippen LogP contribution is -2.13. The van der Waals surface area contributed by atoms with Crippen LogP contribution < -0.4 is 5.32 Å². The number of rotatable bonds is 3. The van der Waals surface area contributed by atoms with E-state index in [4.69, 9.17) is 16.7 Å². The van der Waals surface area contributed by atoms with Crippen molar-refractivity contribution in [1.29, 1.82) is 0 Å². The number of aromatic carboxylic acids is 1. The largest absolute Gasteiger partial charge is 0.478 e. The third-order valence-corrected chi connectivity index (χ3v) is 3.70. The third-order valence-electron chi connectivity index (χ3n) is 2.90. The third kappa shape index (κ3) is 3.62. The van der Waals surface area contributed by atoms with Gasteiger partial charge in [-0.15, -0.1) is 0 Å². The van der Waals surface area contributed by atoms with Gasteiger partial charge in [-0.25, -0.2) is 4.79 Å². The van der Waals surface area contributed by atoms with E-state index in [-0.39, 0.29) is 11.5 Å². The predicted molar refractivity (Wildman–Crippen MR) is 85.2 cm³/mol. The van der Waals surface area contributed by atoms with E-state index in [0.717, 1.165) is 4.47 Å². The average Bonchev–Trinajstić information content (AvgIpc) is 2.40. The molecule has 0 aliphatic heterocycles. The van der Waals surface area contributed by atoms with Crippen LogP contribution in [0.25, 0.3) is 0 Å². The highest BCUT2D eigenvalue weighted by atomic mass is 79.9. The van der Waals surface area contributed by atoms with E-state index in [1.807, 2.05) is 0 Å². The maximum Gasteiger partial charge on any atom is 0.335 e. The summed E-state index contributed by atoms with van der Waals surface area (Å²) in [6.07, 6.45) is 0. The van der Waals surface area contributed by atoms with Gasteiger partial charge in [0.05, 0.1) is 16.1 Å². The molecule has 0 spiro atoms. The molecule has 0 bridgehead atoms. The van der Waals surface area contributed by atoms with Crippen molar-refractivity contribution in [2.24, 2.45) is 0 Å². The van der Waals surface area contributed by atoms with Gasteiger partial charge < -0.3 is 10.4 Å². The Kier molecular flexibility index (Phi) is 4.65. The zero-order valence-corrected chi connectivity index (χ0v) is 13.3. The van der Waals surface area contributed by atoms with Gasteiger partial charge in [0.15, 0.2) is 0 Å². The molecule has 4 nitrogen and oxygen atoms in total. The second-order valence-corrected chi connectivity index (χ2v) is 5.74. The molecule has 2 N–H and O–H groups in total. The van der Waals surface area contributed by atoms with Gasteiger partial charge >= 0.3 is 5.97 Å². The molecule has 0 heterocycles. The Morgan fingerprint density at radius 2 is 1.90 bits per heavy atom. The van der Waals surface area contributed by atoms with Crippen molar-refractivity contribution in [2.75, 3.05) is 5.32 Å². The van der Waals surface area contributed by atoms with E-state index in [1.165, 1.54) is 12.1 Å². The summed E-state index contributed by atoms with van der Waals surface area (Å²) in [5.74, 6) is -1.36. The van der Waals surface area contributed by atoms with Gasteiger partial charge in [-0.2, -0.15) is 0 Å². The van der Waals surface area contributed by atoms with Crippen molar-refractivity contribution in [3.8, 4) is 0 Å². The van der Waals surface area contributed by atoms with Crippen LogP contribution in [-0.2, 0) is 0 Å². The monoisotopic (exact) mass is 367 g/mol. The van der Waals surface area contributed by atoms with Crippen LogP contribution in [0.5, 0.6) is 0 Å². The second kappa shape index (κ2) is 6.28. The number of amides is 1. The van der Waals surface area contributed by atoms with E-state index < -0.39 is 5.97 Å². The van der Waals surface area contributed by atoms with Crippen LogP contribution in [0.3, 0.4) is 0 Å². The minimum absolute atomic E-state index is 0.173. The first-order valence-corrected chi connectivity index (χ1v) is 7.16. The quantitative estimate of drug-likeness (QED) is 0.846. The number of carboxylic acid groups (broad SMARTS) is 1. The first kappa shape index (κ1) is 15.5. The summed E-state index contributed by atoms with van der Waals surface area (Å²) in [6.45, 7) is 1.73. The van der Waals surface area contributed by atoms with Crippen LogP contribution in [0.1, 0.15) is 26.3 Å². The van der Waals surface area contributed by atoms with Crippen LogP contribution in [0.2, 0.25) is 5.02 Å². The molecule has 108 valence electrons. The molecule has 0 atom stereocenters. The average molecular weight is 369 g/mol. The molecule has 0 saturated heterocycles. The van der Waals surface area contributed by atoms with E-state index in [1.54, 1.807) is 31.2 Å². The summed E-state index contributed by atoms with van der Waals surface area (Å²) in [5, 5.41) is 12.0. The molecule has 0 unspecified atom stereocenters. The lowest BCUT2D eigenvalue weighted by atomic mass is 10.1. The molecule has 0 aromatic heterocycles. The number of hydrogen-bond acceptors (Lipinski definition) is 2. The fourth-order valence-electron chi connectivity index (χ4n) is 1.80.